The summed E-state index contributed by atoms with van der Waals surface area (Å²) in [4.78, 5) is 2.32. The van der Waals surface area contributed by atoms with Gasteiger partial charge in [0.15, 0.2) is 4.77 Å². The fraction of sp³-hybridized carbons (Fsp3) is 0.818. The van der Waals surface area contributed by atoms with E-state index < -0.39 is 0 Å². The van der Waals surface area contributed by atoms with E-state index in [1.807, 2.05) is 0 Å². The lowest BCUT2D eigenvalue weighted by atomic mass is 10.3. The topological polar surface area (TPSA) is 36.9 Å². The number of aromatic amines is 1. The molecule has 0 radical (unpaired) electrons. The molecule has 16 heavy (non-hydrogen) atoms. The van der Waals surface area contributed by atoms with Crippen LogP contribution in [0.1, 0.15) is 39.7 Å². The first-order valence-electron chi connectivity index (χ1n) is 6.05. The molecule has 0 aromatic carbocycles. The lowest BCUT2D eigenvalue weighted by molar-refractivity contribution is 0.573. The molecule has 0 aliphatic heterocycles. The van der Waals surface area contributed by atoms with E-state index in [0.717, 1.165) is 29.7 Å². The van der Waals surface area contributed by atoms with E-state index in [-0.39, 0.29) is 0 Å². The summed E-state index contributed by atoms with van der Waals surface area (Å²) in [6.07, 6.45) is 2.73. The third-order valence-electron chi connectivity index (χ3n) is 3.04. The highest BCUT2D eigenvalue weighted by molar-refractivity contribution is 7.71. The van der Waals surface area contributed by atoms with Crippen molar-refractivity contribution < 1.29 is 0 Å². The predicted octanol–water partition coefficient (Wildman–Crippen LogP) is 2.76. The van der Waals surface area contributed by atoms with Crippen LogP contribution >= 0.6 is 12.2 Å². The minimum absolute atomic E-state index is 0.356. The molecule has 90 valence electrons. The predicted molar refractivity (Wildman–Crippen MR) is 68.4 cm³/mol. The third kappa shape index (κ3) is 2.29. The number of nitrogens with zero attached hydrogens (tertiary/aromatic N) is 3. The van der Waals surface area contributed by atoms with Crippen molar-refractivity contribution in [3.63, 3.8) is 0 Å². The fourth-order valence-electron chi connectivity index (χ4n) is 1.95. The van der Waals surface area contributed by atoms with E-state index in [1.165, 1.54) is 12.8 Å². The van der Waals surface area contributed by atoms with Crippen LogP contribution in [0.15, 0.2) is 0 Å². The summed E-state index contributed by atoms with van der Waals surface area (Å²) >= 11 is 5.26. The number of aromatic nitrogens is 3. The molecule has 0 unspecified atom stereocenters. The van der Waals surface area contributed by atoms with Crippen molar-refractivity contribution in [1.29, 1.82) is 0 Å². The van der Waals surface area contributed by atoms with Crippen molar-refractivity contribution in [3.8, 4) is 0 Å². The molecule has 1 aliphatic rings. The molecule has 0 spiro atoms. The Balaban J connectivity index is 2.25. The largest absolute Gasteiger partial charge is 0.341 e. The second kappa shape index (κ2) is 4.57. The first-order chi connectivity index (χ1) is 7.63. The number of hydrogen-bond acceptors (Lipinski definition) is 3. The van der Waals surface area contributed by atoms with Crippen molar-refractivity contribution in [2.45, 2.75) is 39.7 Å². The molecule has 0 saturated heterocycles. The van der Waals surface area contributed by atoms with E-state index >= 15 is 0 Å². The quantitative estimate of drug-likeness (QED) is 0.804. The Hall–Kier alpha value is -0.840. The molecule has 1 N–H and O–H groups in total. The van der Waals surface area contributed by atoms with Crippen LogP contribution < -0.4 is 4.90 Å². The van der Waals surface area contributed by atoms with Gasteiger partial charge in [-0.15, -0.1) is 5.10 Å². The van der Waals surface area contributed by atoms with E-state index in [1.54, 1.807) is 0 Å². The van der Waals surface area contributed by atoms with Gasteiger partial charge in [0.05, 0.1) is 0 Å². The van der Waals surface area contributed by atoms with Crippen LogP contribution in [0.2, 0.25) is 0 Å². The Morgan fingerprint density at radius 1 is 1.56 bits per heavy atom. The summed E-state index contributed by atoms with van der Waals surface area (Å²) in [5.74, 6) is 1.86. The van der Waals surface area contributed by atoms with Crippen LogP contribution in [0.5, 0.6) is 0 Å². The zero-order valence-electron chi connectivity index (χ0n) is 10.2. The van der Waals surface area contributed by atoms with Gasteiger partial charge in [-0.05, 0) is 51.7 Å². The van der Waals surface area contributed by atoms with Crippen LogP contribution in [0.4, 0.5) is 5.95 Å². The van der Waals surface area contributed by atoms with E-state index in [0.29, 0.717) is 6.04 Å². The maximum Gasteiger partial charge on any atom is 0.225 e. The molecule has 1 aliphatic carbocycles. The van der Waals surface area contributed by atoms with Crippen molar-refractivity contribution in [2.75, 3.05) is 18.0 Å². The van der Waals surface area contributed by atoms with E-state index in [9.17, 15) is 0 Å². The zero-order chi connectivity index (χ0) is 11.7. The maximum absolute atomic E-state index is 5.26. The number of rotatable bonds is 5. The summed E-state index contributed by atoms with van der Waals surface area (Å²) in [6.45, 7) is 8.55. The Morgan fingerprint density at radius 3 is 2.75 bits per heavy atom. The van der Waals surface area contributed by atoms with Crippen LogP contribution in [-0.2, 0) is 0 Å². The summed E-state index contributed by atoms with van der Waals surface area (Å²) < 4.78 is 2.82. The van der Waals surface area contributed by atoms with Crippen molar-refractivity contribution in [3.05, 3.63) is 4.77 Å². The molecule has 1 heterocycles. The molecule has 5 heteroatoms. The normalized spacial score (nSPS) is 15.8. The molecule has 0 bridgehead atoms. The zero-order valence-corrected chi connectivity index (χ0v) is 11.0. The maximum atomic E-state index is 5.26. The van der Waals surface area contributed by atoms with Gasteiger partial charge in [0.2, 0.25) is 5.95 Å². The Kier molecular flexibility index (Phi) is 3.33. The Morgan fingerprint density at radius 2 is 2.25 bits per heavy atom. The molecule has 1 saturated carbocycles. The van der Waals surface area contributed by atoms with Crippen molar-refractivity contribution >= 4 is 18.2 Å². The van der Waals surface area contributed by atoms with Crippen LogP contribution in [-0.4, -0.2) is 27.9 Å². The molecule has 1 aromatic rings. The summed E-state index contributed by atoms with van der Waals surface area (Å²) in [6, 6.07) is 0.356. The van der Waals surface area contributed by atoms with Gasteiger partial charge in [-0.25, -0.2) is 5.10 Å². The van der Waals surface area contributed by atoms with Gasteiger partial charge in [-0.3, -0.25) is 4.57 Å². The van der Waals surface area contributed by atoms with E-state index in [2.05, 4.69) is 40.4 Å². The second-order valence-corrected chi connectivity index (χ2v) is 5.16. The summed E-state index contributed by atoms with van der Waals surface area (Å²) in [5.41, 5.74) is 0. The Labute approximate surface area is 102 Å². The highest BCUT2D eigenvalue weighted by atomic mass is 32.1. The average Bonchev–Trinajstić information content (AvgIpc) is 2.97. The molecule has 0 atom stereocenters. The fourth-order valence-corrected chi connectivity index (χ4v) is 2.29. The van der Waals surface area contributed by atoms with Crippen LogP contribution in [0, 0.1) is 10.7 Å². The number of H-pyrrole nitrogens is 1. The monoisotopic (exact) mass is 240 g/mol. The first kappa shape index (κ1) is 11.6. The van der Waals surface area contributed by atoms with Crippen molar-refractivity contribution in [1.82, 2.24) is 14.8 Å². The van der Waals surface area contributed by atoms with Gasteiger partial charge in [0.1, 0.15) is 0 Å². The second-order valence-electron chi connectivity index (χ2n) is 4.77. The molecule has 2 rings (SSSR count). The highest BCUT2D eigenvalue weighted by Gasteiger charge is 2.26. The smallest absolute Gasteiger partial charge is 0.225 e. The standard InChI is InChI=1S/C11H20N4S/c1-4-14(7-9-5-6-9)10-12-13-11(16)15(10)8(2)3/h8-9H,4-7H2,1-3H3,(H,13,16). The van der Waals surface area contributed by atoms with Crippen LogP contribution in [0.3, 0.4) is 0 Å². The minimum Gasteiger partial charge on any atom is -0.341 e. The molecular weight excluding hydrogens is 220 g/mol. The van der Waals surface area contributed by atoms with Gasteiger partial charge < -0.3 is 4.90 Å². The van der Waals surface area contributed by atoms with Gasteiger partial charge in [0, 0.05) is 19.1 Å². The average molecular weight is 240 g/mol. The van der Waals surface area contributed by atoms with Gasteiger partial charge >= 0.3 is 0 Å². The minimum atomic E-state index is 0.356. The molecule has 1 fully saturated rings. The third-order valence-corrected chi connectivity index (χ3v) is 3.33. The SMILES string of the molecule is CCN(CC1CC1)c1n[nH]c(=S)n1C(C)C. The van der Waals surface area contributed by atoms with Gasteiger partial charge in [0.25, 0.3) is 0 Å². The van der Waals surface area contributed by atoms with E-state index in [4.69, 9.17) is 12.2 Å². The summed E-state index contributed by atoms with van der Waals surface area (Å²) in [7, 11) is 0. The Bertz CT molecular complexity index is 402. The van der Waals surface area contributed by atoms with Crippen LogP contribution in [0.25, 0.3) is 0 Å². The lowest BCUT2D eigenvalue weighted by Crippen LogP contribution is -2.28. The van der Waals surface area contributed by atoms with Gasteiger partial charge in [-0.1, -0.05) is 0 Å². The molecule has 0 amide bonds. The van der Waals surface area contributed by atoms with Crippen molar-refractivity contribution in [2.24, 2.45) is 5.92 Å². The molecule has 1 aromatic heterocycles. The first-order valence-corrected chi connectivity index (χ1v) is 6.46. The number of anilines is 1. The molecular formula is C11H20N4S. The lowest BCUT2D eigenvalue weighted by Gasteiger charge is -2.23. The highest BCUT2D eigenvalue weighted by Crippen LogP contribution is 2.31. The molecule has 4 nitrogen and oxygen atoms in total. The number of hydrogen-bond donors (Lipinski definition) is 1. The number of nitrogens with one attached hydrogen (secondary N) is 1. The summed E-state index contributed by atoms with van der Waals surface area (Å²) in [5, 5.41) is 7.26. The van der Waals surface area contributed by atoms with Gasteiger partial charge in [-0.2, -0.15) is 0 Å².